The van der Waals surface area contributed by atoms with Crippen molar-refractivity contribution in [3.05, 3.63) is 88.9 Å². The van der Waals surface area contributed by atoms with Crippen molar-refractivity contribution in [2.75, 3.05) is 31.7 Å². The van der Waals surface area contributed by atoms with Crippen LogP contribution in [0.4, 0.5) is 5.69 Å². The highest BCUT2D eigenvalue weighted by atomic mass is 32.3. The van der Waals surface area contributed by atoms with E-state index in [9.17, 15) is 13.9 Å². The SMILES string of the molecule is CCOCCOc1ncc(NC(=O)C(C)(C)C(c2ccc(C)c(CN3CC(CC)Oc4ncccc4S3(O)O)c2)c2ccc3c(nnn3CC)c2C)cn1. The van der Waals surface area contributed by atoms with E-state index in [0.717, 1.165) is 38.9 Å². The molecule has 3 N–H and O–H groups in total. The van der Waals surface area contributed by atoms with Gasteiger partial charge < -0.3 is 19.5 Å². The second-order valence-electron chi connectivity index (χ2n) is 13.9. The number of fused-ring (bicyclic) bond motifs is 2. The second-order valence-corrected chi connectivity index (χ2v) is 15.9. The van der Waals surface area contributed by atoms with Gasteiger partial charge in [0, 0.05) is 31.8 Å². The van der Waals surface area contributed by atoms with Gasteiger partial charge in [0.1, 0.15) is 23.1 Å². The largest absolute Gasteiger partial charge is 0.472 e. The molecule has 5 aromatic rings. The molecule has 6 rings (SSSR count). The number of nitrogens with one attached hydrogen (secondary N) is 1. The number of aromatic nitrogens is 6. The average molecular weight is 759 g/mol. The Labute approximate surface area is 317 Å². The molecule has 0 spiro atoms. The van der Waals surface area contributed by atoms with Crippen LogP contribution in [0.2, 0.25) is 0 Å². The maximum atomic E-state index is 14.4. The molecule has 2 aromatic carbocycles. The Morgan fingerprint density at radius 3 is 2.57 bits per heavy atom. The Bertz CT molecular complexity index is 2090. The van der Waals surface area contributed by atoms with Crippen LogP contribution >= 0.6 is 10.8 Å². The number of aryl methyl sites for hydroxylation is 3. The molecule has 2 atom stereocenters. The molecular formula is C39H50N8O6S. The molecular weight excluding hydrogens is 709 g/mol. The molecule has 4 heterocycles. The minimum Gasteiger partial charge on any atom is -0.472 e. The molecule has 0 radical (unpaired) electrons. The summed E-state index contributed by atoms with van der Waals surface area (Å²) in [5, 5.41) is 11.9. The lowest BCUT2D eigenvalue weighted by Gasteiger charge is -2.42. The van der Waals surface area contributed by atoms with Gasteiger partial charge in [-0.3, -0.25) is 13.9 Å². The Hall–Kier alpha value is -4.67. The first-order valence-electron chi connectivity index (χ1n) is 18.3. The summed E-state index contributed by atoms with van der Waals surface area (Å²) in [5.41, 5.74) is 5.67. The fourth-order valence-electron chi connectivity index (χ4n) is 6.87. The standard InChI is InChI=1S/C39H50N8O6S/c1-8-30-24-46(54(49,50)33-12-11-17-40-36(33)53-30)23-28-20-27(14-13-25(28)4)34(31-15-16-32-35(26(31)5)44-45-47(32)9-2)39(6,7)37(48)43-29-21-41-38(42-22-29)52-19-18-51-10-3/h11-17,20-22,30,34,49-50H,8-10,18-19,23-24H2,1-7H3,(H,43,48). The van der Waals surface area contributed by atoms with Crippen molar-refractivity contribution >= 4 is 33.4 Å². The Morgan fingerprint density at radius 2 is 1.85 bits per heavy atom. The Morgan fingerprint density at radius 1 is 1.07 bits per heavy atom. The topological polar surface area (TPSA) is 170 Å². The van der Waals surface area contributed by atoms with Crippen LogP contribution in [0.1, 0.15) is 74.8 Å². The van der Waals surface area contributed by atoms with Crippen LogP contribution in [0.3, 0.4) is 0 Å². The zero-order valence-corrected chi connectivity index (χ0v) is 32.8. The first-order valence-corrected chi connectivity index (χ1v) is 19.8. The van der Waals surface area contributed by atoms with Gasteiger partial charge in [-0.25, -0.2) is 19.6 Å². The number of anilines is 1. The molecule has 1 aliphatic heterocycles. The maximum Gasteiger partial charge on any atom is 0.316 e. The number of pyridine rings is 1. The van der Waals surface area contributed by atoms with E-state index < -0.39 is 22.1 Å². The van der Waals surface area contributed by atoms with Crippen molar-refractivity contribution in [3.63, 3.8) is 0 Å². The number of hydrogen-bond donors (Lipinski definition) is 3. The van der Waals surface area contributed by atoms with Gasteiger partial charge in [-0.2, -0.15) is 4.31 Å². The summed E-state index contributed by atoms with van der Waals surface area (Å²) in [5.74, 6) is -0.463. The molecule has 0 saturated carbocycles. The normalized spacial score (nSPS) is 16.9. The number of nitrogens with zero attached hydrogens (tertiary/aromatic N) is 7. The number of carbonyl (C=O) groups is 1. The lowest BCUT2D eigenvalue weighted by molar-refractivity contribution is -0.124. The van der Waals surface area contributed by atoms with E-state index in [1.807, 2.05) is 71.3 Å². The summed E-state index contributed by atoms with van der Waals surface area (Å²) < 4.78 is 44.0. The van der Waals surface area contributed by atoms with Crippen molar-refractivity contribution < 1.29 is 28.1 Å². The highest BCUT2D eigenvalue weighted by Crippen LogP contribution is 2.57. The highest BCUT2D eigenvalue weighted by molar-refractivity contribution is 8.22. The van der Waals surface area contributed by atoms with Crippen LogP contribution < -0.4 is 14.8 Å². The molecule has 0 aliphatic carbocycles. The van der Waals surface area contributed by atoms with Gasteiger partial charge >= 0.3 is 6.01 Å². The van der Waals surface area contributed by atoms with Crippen molar-refractivity contribution in [1.82, 2.24) is 34.3 Å². The van der Waals surface area contributed by atoms with E-state index in [4.69, 9.17) is 14.2 Å². The number of amides is 1. The molecule has 15 heteroatoms. The van der Waals surface area contributed by atoms with Gasteiger partial charge in [0.15, 0.2) is 0 Å². The third-order valence-electron chi connectivity index (χ3n) is 10.0. The molecule has 3 aromatic heterocycles. The lowest BCUT2D eigenvalue weighted by atomic mass is 9.69. The average Bonchev–Trinajstić information content (AvgIpc) is 3.55. The molecule has 1 amide bonds. The number of rotatable bonds is 14. The van der Waals surface area contributed by atoms with Gasteiger partial charge in [-0.15, -0.1) is 15.9 Å². The maximum absolute atomic E-state index is 14.4. The van der Waals surface area contributed by atoms with E-state index >= 15 is 0 Å². The van der Waals surface area contributed by atoms with Crippen molar-refractivity contribution in [2.45, 2.75) is 84.9 Å². The summed E-state index contributed by atoms with van der Waals surface area (Å²) in [6.45, 7) is 16.3. The fraction of sp³-hybridized carbons (Fsp3) is 0.436. The van der Waals surface area contributed by atoms with E-state index in [1.165, 1.54) is 12.4 Å². The summed E-state index contributed by atoms with van der Waals surface area (Å²) in [7, 11) is -3.44. The van der Waals surface area contributed by atoms with Crippen LogP contribution in [-0.2, 0) is 22.6 Å². The Balaban J connectivity index is 1.38. The zero-order chi connectivity index (χ0) is 38.6. The van der Waals surface area contributed by atoms with Crippen LogP contribution in [-0.4, -0.2) is 81.7 Å². The smallest absolute Gasteiger partial charge is 0.316 e. The third kappa shape index (κ3) is 7.91. The van der Waals surface area contributed by atoms with Gasteiger partial charge in [0.2, 0.25) is 11.8 Å². The van der Waals surface area contributed by atoms with Crippen LogP contribution in [0, 0.1) is 19.3 Å². The second kappa shape index (κ2) is 16.4. The zero-order valence-electron chi connectivity index (χ0n) is 31.9. The molecule has 0 bridgehead atoms. The van der Waals surface area contributed by atoms with Crippen molar-refractivity contribution in [1.29, 1.82) is 0 Å². The van der Waals surface area contributed by atoms with E-state index in [0.29, 0.717) is 38.5 Å². The quantitative estimate of drug-likeness (QED) is 0.0978. The molecule has 14 nitrogen and oxygen atoms in total. The highest BCUT2D eigenvalue weighted by Gasteiger charge is 2.41. The van der Waals surface area contributed by atoms with E-state index in [2.05, 4.69) is 42.7 Å². The summed E-state index contributed by atoms with van der Waals surface area (Å²) in [6.07, 6.45) is 5.00. The van der Waals surface area contributed by atoms with E-state index in [-0.39, 0.29) is 41.9 Å². The van der Waals surface area contributed by atoms with Crippen LogP contribution in [0.25, 0.3) is 11.0 Å². The van der Waals surface area contributed by atoms with Gasteiger partial charge in [-0.1, -0.05) is 50.3 Å². The van der Waals surface area contributed by atoms with Crippen molar-refractivity contribution in [2.24, 2.45) is 5.41 Å². The molecule has 1 aliphatic rings. The van der Waals surface area contributed by atoms with E-state index in [1.54, 1.807) is 22.6 Å². The third-order valence-corrected chi connectivity index (χ3v) is 11.9. The van der Waals surface area contributed by atoms with Crippen LogP contribution in [0.15, 0.2) is 66.0 Å². The molecule has 0 fully saturated rings. The van der Waals surface area contributed by atoms with Gasteiger partial charge in [0.25, 0.3) is 0 Å². The number of carbonyl (C=O) groups excluding carboxylic acids is 1. The summed E-state index contributed by atoms with van der Waals surface area (Å²) >= 11 is 0. The molecule has 0 saturated heterocycles. The number of benzene rings is 2. The summed E-state index contributed by atoms with van der Waals surface area (Å²) in [4.78, 5) is 27.6. The molecule has 2 unspecified atom stereocenters. The predicted molar refractivity (Wildman–Crippen MR) is 208 cm³/mol. The lowest BCUT2D eigenvalue weighted by Crippen LogP contribution is -2.37. The molecule has 54 heavy (non-hydrogen) atoms. The molecule has 288 valence electrons. The fourth-order valence-corrected chi connectivity index (χ4v) is 8.43. The first kappa shape index (κ1) is 39.0. The number of ether oxygens (including phenoxy) is 3. The predicted octanol–water partition coefficient (Wildman–Crippen LogP) is 7.16. The first-order chi connectivity index (χ1) is 25.9. The Kier molecular flexibility index (Phi) is 11.8. The van der Waals surface area contributed by atoms with Gasteiger partial charge in [-0.05, 0) is 80.1 Å². The monoisotopic (exact) mass is 758 g/mol. The van der Waals surface area contributed by atoms with Crippen LogP contribution in [0.5, 0.6) is 11.9 Å². The minimum absolute atomic E-state index is 0.193. The van der Waals surface area contributed by atoms with Gasteiger partial charge in [0.05, 0.1) is 42.2 Å². The minimum atomic E-state index is -3.44. The number of hydrogen-bond acceptors (Lipinski definition) is 12. The summed E-state index contributed by atoms with van der Waals surface area (Å²) in [6, 6.07) is 13.7. The van der Waals surface area contributed by atoms with Crippen molar-refractivity contribution in [3.8, 4) is 11.9 Å².